The highest BCUT2D eigenvalue weighted by atomic mass is 35.5. The Kier molecular flexibility index (Phi) is 9.53. The molecule has 4 rings (SSSR count). The summed E-state index contributed by atoms with van der Waals surface area (Å²) >= 11 is 5.93. The quantitative estimate of drug-likeness (QED) is 0.363. The molecule has 0 saturated carbocycles. The Morgan fingerprint density at radius 2 is 1.67 bits per heavy atom. The van der Waals surface area contributed by atoms with E-state index in [4.69, 9.17) is 16.3 Å². The summed E-state index contributed by atoms with van der Waals surface area (Å²) in [6.07, 6.45) is -0.688. The van der Waals surface area contributed by atoms with Gasteiger partial charge in [-0.25, -0.2) is 16.8 Å². The van der Waals surface area contributed by atoms with E-state index in [9.17, 15) is 26.7 Å². The van der Waals surface area contributed by atoms with Gasteiger partial charge in [-0.3, -0.25) is 9.52 Å². The average Bonchev–Trinajstić information content (AvgIpc) is 2.95. The number of rotatable bonds is 9. The number of amides is 1. The first-order chi connectivity index (χ1) is 19.7. The molecule has 42 heavy (non-hydrogen) atoms. The Balaban J connectivity index is 1.68. The van der Waals surface area contributed by atoms with Crippen molar-refractivity contribution in [1.82, 2.24) is 9.21 Å². The minimum Gasteiger partial charge on any atom is -0.488 e. The summed E-state index contributed by atoms with van der Waals surface area (Å²) in [5.41, 5.74) is 1.14. The van der Waals surface area contributed by atoms with Gasteiger partial charge in [0.15, 0.2) is 0 Å². The van der Waals surface area contributed by atoms with Crippen LogP contribution in [0.2, 0.25) is 5.02 Å². The number of sulfonamides is 2. The van der Waals surface area contributed by atoms with Crippen LogP contribution in [0, 0.1) is 12.8 Å². The number of nitrogens with zero attached hydrogens (tertiary/aromatic N) is 2. The normalized spacial score (nSPS) is 18.5. The summed E-state index contributed by atoms with van der Waals surface area (Å²) in [4.78, 5) is 15.3. The molecule has 3 atom stereocenters. The van der Waals surface area contributed by atoms with Gasteiger partial charge in [-0.05, 0) is 68.4 Å². The van der Waals surface area contributed by atoms with Gasteiger partial charge < -0.3 is 14.7 Å². The summed E-state index contributed by atoms with van der Waals surface area (Å²) < 4.78 is 62.5. The van der Waals surface area contributed by atoms with Crippen LogP contribution in [0.25, 0.3) is 0 Å². The van der Waals surface area contributed by atoms with E-state index in [2.05, 4.69) is 4.72 Å². The molecule has 10 nitrogen and oxygen atoms in total. The van der Waals surface area contributed by atoms with Gasteiger partial charge in [-0.2, -0.15) is 4.31 Å². The number of likely N-dealkylation sites (N-methyl/N-ethyl adjacent to an activating group) is 1. The molecule has 0 saturated heterocycles. The molecule has 1 heterocycles. The van der Waals surface area contributed by atoms with Crippen LogP contribution in [0.5, 0.6) is 5.75 Å². The van der Waals surface area contributed by atoms with Crippen molar-refractivity contribution in [2.24, 2.45) is 5.92 Å². The zero-order valence-electron chi connectivity index (χ0n) is 23.7. The molecule has 3 aromatic carbocycles. The van der Waals surface area contributed by atoms with Gasteiger partial charge in [0, 0.05) is 30.2 Å². The van der Waals surface area contributed by atoms with Crippen LogP contribution in [0.4, 0.5) is 5.69 Å². The topological polar surface area (TPSA) is 133 Å². The third-order valence-corrected chi connectivity index (χ3v) is 10.7. The average molecular weight is 636 g/mol. The van der Waals surface area contributed by atoms with Crippen LogP contribution in [0.1, 0.15) is 29.8 Å². The van der Waals surface area contributed by atoms with E-state index in [1.165, 1.54) is 70.9 Å². The highest BCUT2D eigenvalue weighted by Gasteiger charge is 2.35. The maximum absolute atomic E-state index is 13.7. The first-order valence-corrected chi connectivity index (χ1v) is 16.6. The van der Waals surface area contributed by atoms with Crippen LogP contribution in [-0.2, 0) is 20.0 Å². The van der Waals surface area contributed by atoms with Crippen molar-refractivity contribution in [1.29, 1.82) is 0 Å². The van der Waals surface area contributed by atoms with Gasteiger partial charge in [-0.1, -0.05) is 36.2 Å². The molecule has 1 amide bonds. The molecular formula is C29H34ClN3O7S2. The maximum atomic E-state index is 13.7. The van der Waals surface area contributed by atoms with E-state index >= 15 is 0 Å². The van der Waals surface area contributed by atoms with Crippen LogP contribution < -0.4 is 9.46 Å². The van der Waals surface area contributed by atoms with Crippen molar-refractivity contribution < 1.29 is 31.5 Å². The minimum atomic E-state index is -3.94. The molecule has 0 radical (unpaired) electrons. The Morgan fingerprint density at radius 3 is 2.29 bits per heavy atom. The largest absolute Gasteiger partial charge is 0.488 e. The molecule has 3 aromatic rings. The highest BCUT2D eigenvalue weighted by molar-refractivity contribution is 7.92. The second-order valence-electron chi connectivity index (χ2n) is 10.5. The standard InChI is InChI=1S/C29H34ClN3O7S2/c1-19-5-10-24(11-6-19)41(36,37)31-23-9-14-27-26(15-23)29(35)33(21(3)18-34)16-20(2)28(40-27)17-32(4)42(38,39)25-12-7-22(30)8-13-25/h5-15,20-21,28,31,34H,16-18H2,1-4H3/t20-,21-,28-/m1/s1. The molecule has 226 valence electrons. The van der Waals surface area contributed by atoms with E-state index in [-0.39, 0.29) is 52.4 Å². The van der Waals surface area contributed by atoms with Crippen molar-refractivity contribution in [3.63, 3.8) is 0 Å². The number of carbonyl (C=O) groups is 1. The van der Waals surface area contributed by atoms with Crippen LogP contribution in [-0.4, -0.2) is 75.9 Å². The minimum absolute atomic E-state index is 0.0388. The predicted octanol–water partition coefficient (Wildman–Crippen LogP) is 3.99. The van der Waals surface area contributed by atoms with Gasteiger partial charge in [-0.15, -0.1) is 0 Å². The predicted molar refractivity (Wildman–Crippen MR) is 161 cm³/mol. The smallest absolute Gasteiger partial charge is 0.261 e. The summed E-state index contributed by atoms with van der Waals surface area (Å²) in [6, 6.07) is 16.0. The number of aryl methyl sites for hydroxylation is 1. The third-order valence-electron chi connectivity index (χ3n) is 7.21. The second-order valence-corrected chi connectivity index (χ2v) is 14.7. The molecule has 0 fully saturated rings. The summed E-state index contributed by atoms with van der Waals surface area (Å²) in [5, 5.41) is 10.3. The molecule has 13 heteroatoms. The Bertz CT molecular complexity index is 1650. The number of fused-ring (bicyclic) bond motifs is 1. The molecule has 0 unspecified atom stereocenters. The summed E-state index contributed by atoms with van der Waals surface area (Å²) in [5.74, 6) is -0.615. The van der Waals surface area contributed by atoms with Crippen molar-refractivity contribution in [2.75, 3.05) is 31.5 Å². The Labute approximate surface area is 252 Å². The zero-order chi connectivity index (χ0) is 30.8. The van der Waals surface area contributed by atoms with E-state index in [0.29, 0.717) is 5.02 Å². The third kappa shape index (κ3) is 6.90. The number of benzene rings is 3. The van der Waals surface area contributed by atoms with Gasteiger partial charge in [0.05, 0.1) is 34.5 Å². The van der Waals surface area contributed by atoms with Crippen molar-refractivity contribution in [2.45, 2.75) is 42.7 Å². The van der Waals surface area contributed by atoms with Gasteiger partial charge >= 0.3 is 0 Å². The van der Waals surface area contributed by atoms with Crippen LogP contribution in [0.15, 0.2) is 76.5 Å². The zero-order valence-corrected chi connectivity index (χ0v) is 26.1. The lowest BCUT2D eigenvalue weighted by Crippen LogP contribution is -2.50. The number of nitrogens with one attached hydrogen (secondary N) is 1. The number of carbonyl (C=O) groups excluding carboxylic acids is 1. The number of halogens is 1. The molecule has 0 aromatic heterocycles. The fourth-order valence-corrected chi connectivity index (χ4v) is 6.93. The number of ether oxygens (including phenoxy) is 1. The Hall–Kier alpha value is -3.16. The number of hydrogen-bond acceptors (Lipinski definition) is 7. The monoisotopic (exact) mass is 635 g/mol. The number of hydrogen-bond donors (Lipinski definition) is 2. The number of aliphatic hydroxyl groups excluding tert-OH is 1. The molecule has 2 N–H and O–H groups in total. The van der Waals surface area contributed by atoms with Crippen LogP contribution >= 0.6 is 11.6 Å². The Morgan fingerprint density at radius 1 is 1.05 bits per heavy atom. The lowest BCUT2D eigenvalue weighted by atomic mass is 9.99. The second kappa shape index (κ2) is 12.6. The van der Waals surface area contributed by atoms with E-state index in [1.807, 2.05) is 13.8 Å². The fraction of sp³-hybridized carbons (Fsp3) is 0.345. The molecule has 0 bridgehead atoms. The SMILES string of the molecule is Cc1ccc(S(=O)(=O)Nc2ccc3c(c2)C(=O)N([C@H](C)CO)C[C@@H](C)[C@@H](CN(C)S(=O)(=O)c2ccc(Cl)cc2)O3)cc1. The van der Waals surface area contributed by atoms with E-state index < -0.39 is 38.1 Å². The van der Waals surface area contributed by atoms with Crippen molar-refractivity contribution >= 4 is 43.2 Å². The first-order valence-electron chi connectivity index (χ1n) is 13.3. The maximum Gasteiger partial charge on any atom is 0.261 e. The molecular weight excluding hydrogens is 602 g/mol. The lowest BCUT2D eigenvalue weighted by Gasteiger charge is -2.38. The number of anilines is 1. The molecule has 1 aliphatic rings. The van der Waals surface area contributed by atoms with Crippen molar-refractivity contribution in [3.8, 4) is 5.75 Å². The molecule has 0 aliphatic carbocycles. The van der Waals surface area contributed by atoms with E-state index in [0.717, 1.165) is 5.56 Å². The van der Waals surface area contributed by atoms with Crippen LogP contribution in [0.3, 0.4) is 0 Å². The van der Waals surface area contributed by atoms with Gasteiger partial charge in [0.25, 0.3) is 15.9 Å². The fourth-order valence-electron chi connectivity index (χ4n) is 4.57. The van der Waals surface area contributed by atoms with Gasteiger partial charge in [0.1, 0.15) is 11.9 Å². The van der Waals surface area contributed by atoms with Gasteiger partial charge in [0.2, 0.25) is 10.0 Å². The van der Waals surface area contributed by atoms with Crippen molar-refractivity contribution in [3.05, 3.63) is 82.9 Å². The lowest BCUT2D eigenvalue weighted by molar-refractivity contribution is 0.0387. The molecule has 1 aliphatic heterocycles. The number of aliphatic hydroxyl groups is 1. The van der Waals surface area contributed by atoms with E-state index in [1.54, 1.807) is 19.1 Å². The highest BCUT2D eigenvalue weighted by Crippen LogP contribution is 2.32. The summed E-state index contributed by atoms with van der Waals surface area (Å²) in [7, 11) is -6.38. The molecule has 0 spiro atoms. The summed E-state index contributed by atoms with van der Waals surface area (Å²) in [6.45, 7) is 5.21. The first kappa shape index (κ1) is 31.8.